The van der Waals surface area contributed by atoms with E-state index in [0.717, 1.165) is 54.1 Å². The smallest absolute Gasteiger partial charge is 0.237 e. The van der Waals surface area contributed by atoms with Crippen LogP contribution in [0.3, 0.4) is 0 Å². The fourth-order valence-electron chi connectivity index (χ4n) is 4.81. The summed E-state index contributed by atoms with van der Waals surface area (Å²) in [6.07, 6.45) is 4.48. The van der Waals surface area contributed by atoms with Crippen molar-refractivity contribution in [1.29, 1.82) is 0 Å². The molecule has 41 heavy (non-hydrogen) atoms. The second-order valence-corrected chi connectivity index (χ2v) is 10.4. The van der Waals surface area contributed by atoms with E-state index in [4.69, 9.17) is 42.4 Å². The maximum atomic E-state index is 7.00. The highest BCUT2D eigenvalue weighted by Crippen LogP contribution is 2.42. The summed E-state index contributed by atoms with van der Waals surface area (Å²) in [5.74, 6) is 1.41. The predicted octanol–water partition coefficient (Wildman–Crippen LogP) is 5.44. The third-order valence-electron chi connectivity index (χ3n) is 6.94. The van der Waals surface area contributed by atoms with Crippen molar-refractivity contribution in [2.24, 2.45) is 5.92 Å². The first-order chi connectivity index (χ1) is 20.0. The molecule has 1 atom stereocenters. The topological polar surface area (TPSA) is 103 Å². The largest absolute Gasteiger partial charge is 0.480 e. The van der Waals surface area contributed by atoms with Crippen molar-refractivity contribution in [1.82, 2.24) is 30.6 Å². The van der Waals surface area contributed by atoms with Gasteiger partial charge in [-0.3, -0.25) is 9.97 Å². The van der Waals surface area contributed by atoms with Gasteiger partial charge in [-0.2, -0.15) is 0 Å². The quantitative estimate of drug-likeness (QED) is 0.235. The number of nitrogens with zero attached hydrogens (tertiary/aromatic N) is 4. The van der Waals surface area contributed by atoms with Crippen LogP contribution in [-0.4, -0.2) is 61.0 Å². The van der Waals surface area contributed by atoms with Crippen LogP contribution in [0.4, 0.5) is 0 Å². The van der Waals surface area contributed by atoms with Crippen molar-refractivity contribution in [2.75, 3.05) is 41.0 Å². The van der Waals surface area contributed by atoms with Gasteiger partial charge in [0.2, 0.25) is 11.8 Å². The Kier molecular flexibility index (Phi) is 9.64. The van der Waals surface area contributed by atoms with Gasteiger partial charge in [0, 0.05) is 48.5 Å². The van der Waals surface area contributed by atoms with Crippen LogP contribution in [0.1, 0.15) is 17.8 Å². The number of methoxy groups -OCH3 is 2. The Morgan fingerprint density at radius 1 is 0.829 bits per heavy atom. The van der Waals surface area contributed by atoms with Gasteiger partial charge in [-0.15, -0.1) is 0 Å². The summed E-state index contributed by atoms with van der Waals surface area (Å²) in [6, 6.07) is 11.5. The van der Waals surface area contributed by atoms with E-state index < -0.39 is 0 Å². The van der Waals surface area contributed by atoms with Crippen molar-refractivity contribution < 1.29 is 14.2 Å². The van der Waals surface area contributed by atoms with Crippen molar-refractivity contribution in [3.05, 3.63) is 70.2 Å². The minimum Gasteiger partial charge on any atom is -0.480 e. The summed E-state index contributed by atoms with van der Waals surface area (Å²) in [4.78, 5) is 18.5. The Morgan fingerprint density at radius 3 is 1.85 bits per heavy atom. The highest BCUT2D eigenvalue weighted by molar-refractivity contribution is 6.39. The van der Waals surface area contributed by atoms with Gasteiger partial charge in [-0.05, 0) is 19.4 Å². The molecule has 0 aliphatic carbocycles. The van der Waals surface area contributed by atoms with Crippen LogP contribution in [0.15, 0.2) is 48.8 Å². The Bertz CT molecular complexity index is 1510. The molecule has 1 aliphatic heterocycles. The van der Waals surface area contributed by atoms with Crippen molar-refractivity contribution in [3.63, 3.8) is 0 Å². The SMILES string of the molecule is CNCc1ncc(-c2cccc(-c3cccc(-c4cnc(CNCC5CCOC5)c(OC)n4)c3Cl)c2Cl)nc1OC. The summed E-state index contributed by atoms with van der Waals surface area (Å²) in [5.41, 5.74) is 5.59. The standard InChI is InChI=1S/C30H32Cl2N6O3/c1-33-13-25-29(39-2)37-23(15-35-25)21-8-4-6-19(27(21)31)20-7-5-9-22(28(20)32)24-16-36-26(30(38-24)40-3)14-34-12-18-10-11-41-17-18/h4-9,15-16,18,33-34H,10-14,17H2,1-3H3. The number of rotatable bonds is 11. The average Bonchev–Trinajstić information content (AvgIpc) is 3.52. The molecule has 214 valence electrons. The van der Waals surface area contributed by atoms with Gasteiger partial charge < -0.3 is 24.8 Å². The molecular weight excluding hydrogens is 563 g/mol. The first-order valence-corrected chi connectivity index (χ1v) is 14.1. The van der Waals surface area contributed by atoms with Crippen molar-refractivity contribution in [2.45, 2.75) is 19.5 Å². The maximum absolute atomic E-state index is 7.00. The Balaban J connectivity index is 1.44. The zero-order chi connectivity index (χ0) is 28.8. The monoisotopic (exact) mass is 594 g/mol. The van der Waals surface area contributed by atoms with Gasteiger partial charge in [0.1, 0.15) is 11.4 Å². The van der Waals surface area contributed by atoms with Crippen LogP contribution in [-0.2, 0) is 17.8 Å². The van der Waals surface area contributed by atoms with E-state index in [1.165, 1.54) is 0 Å². The minimum atomic E-state index is 0.442. The summed E-state index contributed by atoms with van der Waals surface area (Å²) < 4.78 is 16.5. The van der Waals surface area contributed by atoms with E-state index in [1.807, 2.05) is 43.4 Å². The number of aromatic nitrogens is 4. The first-order valence-electron chi connectivity index (χ1n) is 13.3. The third kappa shape index (κ3) is 6.45. The lowest BCUT2D eigenvalue weighted by atomic mass is 9.98. The molecule has 0 bridgehead atoms. The summed E-state index contributed by atoms with van der Waals surface area (Å²) in [5, 5.41) is 7.51. The molecular formula is C30H32Cl2N6O3. The molecule has 2 N–H and O–H groups in total. The number of hydrogen-bond acceptors (Lipinski definition) is 9. The van der Waals surface area contributed by atoms with Crippen LogP contribution in [0.2, 0.25) is 10.0 Å². The molecule has 1 saturated heterocycles. The van der Waals surface area contributed by atoms with Gasteiger partial charge in [-0.25, -0.2) is 9.97 Å². The lowest BCUT2D eigenvalue weighted by molar-refractivity contribution is 0.185. The number of halogens is 2. The second-order valence-electron chi connectivity index (χ2n) is 9.65. The van der Waals surface area contributed by atoms with Crippen LogP contribution >= 0.6 is 23.2 Å². The fourth-order valence-corrected chi connectivity index (χ4v) is 5.45. The number of benzene rings is 2. The van der Waals surface area contributed by atoms with E-state index in [2.05, 4.69) is 25.6 Å². The highest BCUT2D eigenvalue weighted by atomic mass is 35.5. The third-order valence-corrected chi connectivity index (χ3v) is 7.76. The number of nitrogens with one attached hydrogen (secondary N) is 2. The molecule has 2 aromatic heterocycles. The summed E-state index contributed by atoms with van der Waals surface area (Å²) >= 11 is 14.0. The lowest BCUT2D eigenvalue weighted by Crippen LogP contribution is -2.23. The second kappa shape index (κ2) is 13.5. The van der Waals surface area contributed by atoms with E-state index >= 15 is 0 Å². The highest BCUT2D eigenvalue weighted by Gasteiger charge is 2.20. The number of ether oxygens (including phenoxy) is 3. The van der Waals surface area contributed by atoms with Crippen molar-refractivity contribution >= 4 is 23.2 Å². The van der Waals surface area contributed by atoms with E-state index in [0.29, 0.717) is 57.9 Å². The molecule has 5 rings (SSSR count). The van der Waals surface area contributed by atoms with Crippen molar-refractivity contribution in [3.8, 4) is 45.4 Å². The Morgan fingerprint density at radius 2 is 1.37 bits per heavy atom. The molecule has 4 aromatic rings. The summed E-state index contributed by atoms with van der Waals surface area (Å²) in [6.45, 7) is 3.56. The summed E-state index contributed by atoms with van der Waals surface area (Å²) in [7, 11) is 5.01. The van der Waals surface area contributed by atoms with Gasteiger partial charge in [-0.1, -0.05) is 59.6 Å². The maximum Gasteiger partial charge on any atom is 0.237 e. The molecule has 1 aliphatic rings. The molecule has 1 fully saturated rings. The van der Waals surface area contributed by atoms with Crippen LogP contribution in [0.25, 0.3) is 33.6 Å². The molecule has 1 unspecified atom stereocenters. The molecule has 0 amide bonds. The van der Waals surface area contributed by atoms with Gasteiger partial charge in [0.15, 0.2) is 0 Å². The molecule has 11 heteroatoms. The minimum absolute atomic E-state index is 0.442. The number of hydrogen-bond donors (Lipinski definition) is 2. The zero-order valence-electron chi connectivity index (χ0n) is 23.2. The fraction of sp³-hybridized carbons (Fsp3) is 0.333. The normalized spacial score (nSPS) is 14.8. The van der Waals surface area contributed by atoms with Gasteiger partial charge >= 0.3 is 0 Å². The molecule has 0 saturated carbocycles. The van der Waals surface area contributed by atoms with Crippen LogP contribution in [0.5, 0.6) is 11.8 Å². The van der Waals surface area contributed by atoms with Crippen LogP contribution < -0.4 is 20.1 Å². The van der Waals surface area contributed by atoms with Crippen LogP contribution in [0, 0.1) is 5.92 Å². The van der Waals surface area contributed by atoms with E-state index in [9.17, 15) is 0 Å². The predicted molar refractivity (Wildman–Crippen MR) is 160 cm³/mol. The Labute approximate surface area is 249 Å². The molecule has 0 radical (unpaired) electrons. The molecule has 3 heterocycles. The van der Waals surface area contributed by atoms with E-state index in [1.54, 1.807) is 26.6 Å². The average molecular weight is 596 g/mol. The van der Waals surface area contributed by atoms with Gasteiger partial charge in [0.05, 0.1) is 54.7 Å². The molecule has 9 nitrogen and oxygen atoms in total. The van der Waals surface area contributed by atoms with Gasteiger partial charge in [0.25, 0.3) is 0 Å². The first kappa shape index (κ1) is 29.2. The Hall–Kier alpha value is -3.34. The molecule has 0 spiro atoms. The zero-order valence-corrected chi connectivity index (χ0v) is 24.7. The lowest BCUT2D eigenvalue weighted by Gasteiger charge is -2.15. The molecule has 2 aromatic carbocycles. The van der Waals surface area contributed by atoms with E-state index in [-0.39, 0.29) is 0 Å².